The minimum absolute atomic E-state index is 0.0650. The third-order valence-electron chi connectivity index (χ3n) is 3.76. The number of benzene rings is 1. The van der Waals surface area contributed by atoms with Gasteiger partial charge in [-0.1, -0.05) is 44.5 Å². The van der Waals surface area contributed by atoms with Crippen molar-refractivity contribution in [1.82, 2.24) is 0 Å². The van der Waals surface area contributed by atoms with E-state index in [0.717, 1.165) is 12.8 Å². The molecular formula is C15H22O. The van der Waals surface area contributed by atoms with Crippen molar-refractivity contribution in [3.05, 3.63) is 35.4 Å². The molecule has 0 radical (unpaired) electrons. The maximum Gasteiger partial charge on any atom is 0.0571 e. The smallest absolute Gasteiger partial charge is 0.0571 e. The molecule has 1 aromatic carbocycles. The zero-order valence-electron chi connectivity index (χ0n) is 10.3. The quantitative estimate of drug-likeness (QED) is 0.823. The lowest BCUT2D eigenvalue weighted by molar-refractivity contribution is 0.132. The highest BCUT2D eigenvalue weighted by atomic mass is 16.3. The van der Waals surface area contributed by atoms with Crippen LogP contribution in [-0.4, -0.2) is 11.2 Å². The summed E-state index contributed by atoms with van der Waals surface area (Å²) in [6, 6.07) is 8.89. The maximum absolute atomic E-state index is 9.79. The Morgan fingerprint density at radius 2 is 1.88 bits per heavy atom. The topological polar surface area (TPSA) is 20.2 Å². The van der Waals surface area contributed by atoms with Gasteiger partial charge in [-0.25, -0.2) is 0 Å². The molecule has 2 rings (SSSR count). The van der Waals surface area contributed by atoms with Crippen LogP contribution in [0, 0.1) is 5.92 Å². The van der Waals surface area contributed by atoms with Gasteiger partial charge in [0.25, 0.3) is 0 Å². The minimum Gasteiger partial charge on any atom is -0.393 e. The van der Waals surface area contributed by atoms with Crippen LogP contribution in [0.3, 0.4) is 0 Å². The van der Waals surface area contributed by atoms with E-state index >= 15 is 0 Å². The summed E-state index contributed by atoms with van der Waals surface area (Å²) >= 11 is 0. The molecule has 1 aliphatic rings. The summed E-state index contributed by atoms with van der Waals surface area (Å²) in [6.07, 6.45) is 4.35. The van der Waals surface area contributed by atoms with Gasteiger partial charge in [-0.2, -0.15) is 0 Å². The van der Waals surface area contributed by atoms with E-state index in [-0.39, 0.29) is 6.10 Å². The van der Waals surface area contributed by atoms with Gasteiger partial charge in [0.1, 0.15) is 0 Å². The number of aliphatic hydroxyl groups excluding tert-OH is 1. The third-order valence-corrected chi connectivity index (χ3v) is 3.76. The van der Waals surface area contributed by atoms with Crippen molar-refractivity contribution in [3.63, 3.8) is 0 Å². The third kappa shape index (κ3) is 2.65. The fourth-order valence-electron chi connectivity index (χ4n) is 2.60. The van der Waals surface area contributed by atoms with Crippen LogP contribution in [0.2, 0.25) is 0 Å². The van der Waals surface area contributed by atoms with Crippen LogP contribution in [0.5, 0.6) is 0 Å². The average Bonchev–Trinajstić information content (AvgIpc) is 2.65. The summed E-state index contributed by atoms with van der Waals surface area (Å²) in [5, 5.41) is 9.79. The Balaban J connectivity index is 1.99. The van der Waals surface area contributed by atoms with Crippen molar-refractivity contribution in [3.8, 4) is 0 Å². The summed E-state index contributed by atoms with van der Waals surface area (Å²) in [7, 11) is 0. The van der Waals surface area contributed by atoms with Gasteiger partial charge in [0.05, 0.1) is 6.10 Å². The molecule has 0 saturated heterocycles. The summed E-state index contributed by atoms with van der Waals surface area (Å²) in [5.41, 5.74) is 2.77. The molecule has 1 saturated carbocycles. The van der Waals surface area contributed by atoms with Crippen molar-refractivity contribution < 1.29 is 5.11 Å². The molecule has 0 heterocycles. The molecule has 0 amide bonds. The molecule has 2 unspecified atom stereocenters. The first-order chi connectivity index (χ1) is 7.66. The number of hydrogen-bond donors (Lipinski definition) is 1. The fraction of sp³-hybridized carbons (Fsp3) is 0.600. The van der Waals surface area contributed by atoms with Crippen molar-refractivity contribution >= 4 is 0 Å². The molecule has 88 valence electrons. The van der Waals surface area contributed by atoms with Gasteiger partial charge in [0.2, 0.25) is 0 Å². The molecule has 16 heavy (non-hydrogen) atoms. The van der Waals surface area contributed by atoms with Crippen LogP contribution in [0.25, 0.3) is 0 Å². The van der Waals surface area contributed by atoms with E-state index in [9.17, 15) is 5.11 Å². The highest BCUT2D eigenvalue weighted by Gasteiger charge is 2.24. The molecule has 2 atom stereocenters. The van der Waals surface area contributed by atoms with Gasteiger partial charge in [0.15, 0.2) is 0 Å². The van der Waals surface area contributed by atoms with Crippen LogP contribution in [0.15, 0.2) is 24.3 Å². The molecule has 1 heteroatoms. The molecule has 1 N–H and O–H groups in total. The second-order valence-corrected chi connectivity index (χ2v) is 5.36. The Morgan fingerprint density at radius 1 is 1.19 bits per heavy atom. The van der Waals surface area contributed by atoms with E-state index in [0.29, 0.717) is 11.8 Å². The Bertz CT molecular complexity index is 326. The molecule has 1 fully saturated rings. The molecule has 1 aromatic rings. The van der Waals surface area contributed by atoms with Gasteiger partial charge in [0, 0.05) is 0 Å². The lowest BCUT2D eigenvalue weighted by atomic mass is 9.94. The first kappa shape index (κ1) is 11.7. The molecule has 1 nitrogen and oxygen atoms in total. The zero-order valence-corrected chi connectivity index (χ0v) is 10.3. The lowest BCUT2D eigenvalue weighted by Gasteiger charge is -2.14. The Kier molecular flexibility index (Phi) is 3.65. The monoisotopic (exact) mass is 218 g/mol. The van der Waals surface area contributed by atoms with Gasteiger partial charge in [-0.15, -0.1) is 0 Å². The molecule has 0 bridgehead atoms. The Hall–Kier alpha value is -0.820. The Morgan fingerprint density at radius 3 is 2.38 bits per heavy atom. The van der Waals surface area contributed by atoms with E-state index in [1.54, 1.807) is 0 Å². The molecular weight excluding hydrogens is 196 g/mol. The summed E-state index contributed by atoms with van der Waals surface area (Å²) < 4.78 is 0. The maximum atomic E-state index is 9.79. The molecule has 0 spiro atoms. The summed E-state index contributed by atoms with van der Waals surface area (Å²) in [4.78, 5) is 0. The highest BCUT2D eigenvalue weighted by molar-refractivity contribution is 5.25. The molecule has 0 aromatic heterocycles. The SMILES string of the molecule is CC(C)c1ccc(CC2CCCC2O)cc1. The van der Waals surface area contributed by atoms with Crippen LogP contribution in [0.1, 0.15) is 50.2 Å². The van der Waals surface area contributed by atoms with Crippen LogP contribution in [-0.2, 0) is 6.42 Å². The van der Waals surface area contributed by atoms with E-state index in [1.165, 1.54) is 24.0 Å². The van der Waals surface area contributed by atoms with Crippen molar-refractivity contribution in [2.24, 2.45) is 5.92 Å². The number of hydrogen-bond acceptors (Lipinski definition) is 1. The standard InChI is InChI=1S/C15H22O/c1-11(2)13-8-6-12(7-9-13)10-14-4-3-5-15(14)16/h6-9,11,14-16H,3-5,10H2,1-2H3. The number of rotatable bonds is 3. The Labute approximate surface area is 98.5 Å². The number of aliphatic hydroxyl groups is 1. The van der Waals surface area contributed by atoms with Crippen LogP contribution in [0.4, 0.5) is 0 Å². The zero-order chi connectivity index (χ0) is 11.5. The fourth-order valence-corrected chi connectivity index (χ4v) is 2.60. The predicted octanol–water partition coefficient (Wildman–Crippen LogP) is 3.51. The normalized spacial score (nSPS) is 25.2. The first-order valence-corrected chi connectivity index (χ1v) is 6.43. The summed E-state index contributed by atoms with van der Waals surface area (Å²) in [5.74, 6) is 1.09. The molecule has 0 aliphatic heterocycles. The summed E-state index contributed by atoms with van der Waals surface area (Å²) in [6.45, 7) is 4.44. The average molecular weight is 218 g/mol. The minimum atomic E-state index is -0.0650. The van der Waals surface area contributed by atoms with Gasteiger partial charge in [-0.3, -0.25) is 0 Å². The largest absolute Gasteiger partial charge is 0.393 e. The lowest BCUT2D eigenvalue weighted by Crippen LogP contribution is -2.15. The first-order valence-electron chi connectivity index (χ1n) is 6.43. The highest BCUT2D eigenvalue weighted by Crippen LogP contribution is 2.29. The van der Waals surface area contributed by atoms with E-state index in [1.807, 2.05) is 0 Å². The van der Waals surface area contributed by atoms with Crippen LogP contribution >= 0.6 is 0 Å². The van der Waals surface area contributed by atoms with Crippen molar-refractivity contribution in [2.45, 2.75) is 51.6 Å². The van der Waals surface area contributed by atoms with Crippen LogP contribution < -0.4 is 0 Å². The van der Waals surface area contributed by atoms with Gasteiger partial charge in [-0.05, 0) is 42.2 Å². The van der Waals surface area contributed by atoms with Crippen molar-refractivity contribution in [2.75, 3.05) is 0 Å². The van der Waals surface area contributed by atoms with E-state index in [4.69, 9.17) is 0 Å². The van der Waals surface area contributed by atoms with E-state index in [2.05, 4.69) is 38.1 Å². The van der Waals surface area contributed by atoms with E-state index < -0.39 is 0 Å². The van der Waals surface area contributed by atoms with Gasteiger partial charge >= 0.3 is 0 Å². The molecule has 1 aliphatic carbocycles. The van der Waals surface area contributed by atoms with Crippen molar-refractivity contribution in [1.29, 1.82) is 0 Å². The second kappa shape index (κ2) is 5.01. The second-order valence-electron chi connectivity index (χ2n) is 5.36. The van der Waals surface area contributed by atoms with Gasteiger partial charge < -0.3 is 5.11 Å². The predicted molar refractivity (Wildman–Crippen MR) is 67.6 cm³/mol.